The first-order chi connectivity index (χ1) is 15.7. The van der Waals surface area contributed by atoms with E-state index in [0.29, 0.717) is 38.1 Å². The van der Waals surface area contributed by atoms with Gasteiger partial charge in [0.1, 0.15) is 0 Å². The normalized spacial score (nSPS) is 22.5. The molecule has 0 aliphatic carbocycles. The summed E-state index contributed by atoms with van der Waals surface area (Å²) >= 11 is 1.71. The molecule has 182 valence electrons. The summed E-state index contributed by atoms with van der Waals surface area (Å²) in [5.41, 5.74) is 1.30. The molecule has 0 saturated carbocycles. The molecule has 2 saturated heterocycles. The van der Waals surface area contributed by atoms with Crippen LogP contribution in [0.2, 0.25) is 0 Å². The molecule has 2 aliphatic rings. The number of piperidine rings is 2. The minimum absolute atomic E-state index is 0. The molecular weight excluding hydrogens is 456 g/mol. The van der Waals surface area contributed by atoms with Crippen molar-refractivity contribution >= 4 is 29.7 Å². The van der Waals surface area contributed by atoms with Crippen LogP contribution in [0.3, 0.4) is 0 Å². The van der Waals surface area contributed by atoms with Gasteiger partial charge < -0.3 is 15.0 Å². The highest BCUT2D eigenvalue weighted by Crippen LogP contribution is 2.31. The second-order valence-electron chi connectivity index (χ2n) is 9.21. The maximum atomic E-state index is 12.9. The van der Waals surface area contributed by atoms with Crippen LogP contribution in [-0.2, 0) is 22.6 Å². The lowest BCUT2D eigenvalue weighted by Crippen LogP contribution is -2.55. The number of carbonyl (C=O) groups is 1. The van der Waals surface area contributed by atoms with Crippen molar-refractivity contribution < 1.29 is 9.53 Å². The Balaban J connectivity index is 0.00000306. The van der Waals surface area contributed by atoms with Crippen LogP contribution in [0.15, 0.2) is 42.0 Å². The number of ether oxygens (including phenoxy) is 1. The summed E-state index contributed by atoms with van der Waals surface area (Å²) in [5.74, 6) is 1.65. The van der Waals surface area contributed by atoms with Crippen molar-refractivity contribution in [2.75, 3.05) is 39.9 Å². The van der Waals surface area contributed by atoms with E-state index in [1.165, 1.54) is 23.4 Å². The summed E-state index contributed by atoms with van der Waals surface area (Å²) in [7, 11) is 1.69. The number of nitrogens with zero attached hydrogens (tertiary/aromatic N) is 3. The fourth-order valence-corrected chi connectivity index (χ4v) is 5.92. The zero-order valence-electron chi connectivity index (χ0n) is 19.5. The number of halogens is 1. The standard InChI is InChI=1S/C25H36N4O2S.ClH/c1-31-11-10-29(19-23-6-4-12-32-23)25(30)8-2-7-24-22-13-21(15-27-24)17-28(18-22)16-20-5-3-9-26-14-20;/h3-6,9,12,14,21-22,24,27H,2,7-8,10-11,13,15-19H2,1H3;1H/t21?,22?,24-;/m1./s1. The molecule has 4 rings (SSSR count). The number of fused-ring (bicyclic) bond motifs is 2. The average molecular weight is 493 g/mol. The lowest BCUT2D eigenvalue weighted by Gasteiger charge is -2.46. The van der Waals surface area contributed by atoms with Gasteiger partial charge in [-0.25, -0.2) is 0 Å². The number of pyridine rings is 1. The molecule has 2 aromatic heterocycles. The number of amides is 1. The molecule has 3 atom stereocenters. The Bertz CT molecular complexity index is 823. The number of carbonyl (C=O) groups excluding carboxylic acids is 1. The number of hydrogen-bond donors (Lipinski definition) is 1. The number of rotatable bonds is 11. The van der Waals surface area contributed by atoms with Gasteiger partial charge in [-0.15, -0.1) is 23.7 Å². The molecule has 2 fully saturated rings. The van der Waals surface area contributed by atoms with Crippen molar-refractivity contribution in [3.05, 3.63) is 52.5 Å². The Morgan fingerprint density at radius 3 is 3.00 bits per heavy atom. The van der Waals surface area contributed by atoms with Gasteiger partial charge >= 0.3 is 0 Å². The SMILES string of the molecule is COCCN(Cc1cccs1)C(=O)CCC[C@H]1NCC2CC1CN(Cc1cccnc1)C2.Cl. The van der Waals surface area contributed by atoms with E-state index in [-0.39, 0.29) is 18.3 Å². The molecule has 2 aliphatic heterocycles. The van der Waals surface area contributed by atoms with E-state index in [1.807, 2.05) is 29.4 Å². The van der Waals surface area contributed by atoms with E-state index in [4.69, 9.17) is 4.74 Å². The lowest BCUT2D eigenvalue weighted by atomic mass is 9.79. The molecule has 0 radical (unpaired) electrons. The van der Waals surface area contributed by atoms with Gasteiger partial charge in [-0.05, 0) is 60.7 Å². The Kier molecular flexibility index (Phi) is 10.6. The number of nitrogens with one attached hydrogen (secondary N) is 1. The van der Waals surface area contributed by atoms with E-state index in [1.54, 1.807) is 18.4 Å². The quantitative estimate of drug-likeness (QED) is 0.516. The molecule has 6 nitrogen and oxygen atoms in total. The van der Waals surface area contributed by atoms with Crippen molar-refractivity contribution in [3.63, 3.8) is 0 Å². The molecule has 2 unspecified atom stereocenters. The van der Waals surface area contributed by atoms with Gasteiger partial charge in [0.15, 0.2) is 0 Å². The summed E-state index contributed by atoms with van der Waals surface area (Å²) in [6.07, 6.45) is 7.76. The van der Waals surface area contributed by atoms with Crippen LogP contribution < -0.4 is 5.32 Å². The molecular formula is C25H37ClN4O2S. The molecule has 8 heteroatoms. The third-order valence-corrected chi connectivity index (χ3v) is 7.62. The van der Waals surface area contributed by atoms with Crippen LogP contribution in [0.4, 0.5) is 0 Å². The van der Waals surface area contributed by atoms with Gasteiger partial charge in [0.25, 0.3) is 0 Å². The Labute approximate surface area is 208 Å². The molecule has 2 aromatic rings. The van der Waals surface area contributed by atoms with Crippen LogP contribution in [0, 0.1) is 11.8 Å². The fraction of sp³-hybridized carbons (Fsp3) is 0.600. The van der Waals surface area contributed by atoms with Crippen LogP contribution in [-0.4, -0.2) is 66.6 Å². The average Bonchev–Trinajstić information content (AvgIpc) is 3.32. The second-order valence-corrected chi connectivity index (χ2v) is 10.2. The van der Waals surface area contributed by atoms with Crippen LogP contribution in [0.25, 0.3) is 0 Å². The minimum atomic E-state index is 0. The summed E-state index contributed by atoms with van der Waals surface area (Å²) in [6.45, 7) is 6.31. The zero-order valence-corrected chi connectivity index (χ0v) is 21.2. The predicted molar refractivity (Wildman–Crippen MR) is 136 cm³/mol. The maximum absolute atomic E-state index is 12.9. The molecule has 1 N–H and O–H groups in total. The van der Waals surface area contributed by atoms with Crippen LogP contribution >= 0.6 is 23.7 Å². The van der Waals surface area contributed by atoms with Gasteiger partial charge in [0, 0.05) is 63.0 Å². The first kappa shape index (κ1) is 26.1. The van der Waals surface area contributed by atoms with Crippen molar-refractivity contribution in [1.82, 2.24) is 20.1 Å². The summed E-state index contributed by atoms with van der Waals surface area (Å²) in [5, 5.41) is 5.86. The Morgan fingerprint density at radius 1 is 1.33 bits per heavy atom. The molecule has 2 bridgehead atoms. The van der Waals surface area contributed by atoms with Gasteiger partial charge in [-0.3, -0.25) is 14.7 Å². The van der Waals surface area contributed by atoms with Gasteiger partial charge in [-0.2, -0.15) is 0 Å². The number of methoxy groups -OCH3 is 1. The van der Waals surface area contributed by atoms with E-state index in [0.717, 1.165) is 38.4 Å². The highest BCUT2D eigenvalue weighted by molar-refractivity contribution is 7.09. The molecule has 0 aromatic carbocycles. The third kappa shape index (κ3) is 7.76. The first-order valence-electron chi connectivity index (χ1n) is 11.8. The summed E-state index contributed by atoms with van der Waals surface area (Å²) < 4.78 is 5.23. The van der Waals surface area contributed by atoms with Gasteiger partial charge in [0.2, 0.25) is 5.91 Å². The molecule has 33 heavy (non-hydrogen) atoms. The van der Waals surface area contributed by atoms with E-state index >= 15 is 0 Å². The second kappa shape index (κ2) is 13.4. The predicted octanol–water partition coefficient (Wildman–Crippen LogP) is 3.82. The Hall–Kier alpha value is -1.51. The Morgan fingerprint density at radius 2 is 2.24 bits per heavy atom. The van der Waals surface area contributed by atoms with Crippen molar-refractivity contribution in [1.29, 1.82) is 0 Å². The minimum Gasteiger partial charge on any atom is -0.383 e. The monoisotopic (exact) mass is 492 g/mol. The molecule has 1 amide bonds. The van der Waals surface area contributed by atoms with Gasteiger partial charge in [0.05, 0.1) is 13.2 Å². The third-order valence-electron chi connectivity index (χ3n) is 6.76. The number of aromatic nitrogens is 1. The summed E-state index contributed by atoms with van der Waals surface area (Å²) in [6, 6.07) is 8.85. The van der Waals surface area contributed by atoms with Gasteiger partial charge in [-0.1, -0.05) is 12.1 Å². The first-order valence-corrected chi connectivity index (χ1v) is 12.7. The maximum Gasteiger partial charge on any atom is 0.222 e. The number of likely N-dealkylation sites (tertiary alicyclic amines) is 1. The van der Waals surface area contributed by atoms with Crippen LogP contribution in [0.1, 0.15) is 36.1 Å². The highest BCUT2D eigenvalue weighted by atomic mass is 35.5. The van der Waals surface area contributed by atoms with Crippen molar-refractivity contribution in [3.8, 4) is 0 Å². The largest absolute Gasteiger partial charge is 0.383 e. The smallest absolute Gasteiger partial charge is 0.222 e. The van der Waals surface area contributed by atoms with E-state index in [9.17, 15) is 4.79 Å². The lowest BCUT2D eigenvalue weighted by molar-refractivity contribution is -0.132. The fourth-order valence-electron chi connectivity index (χ4n) is 5.20. The van der Waals surface area contributed by atoms with E-state index in [2.05, 4.69) is 32.7 Å². The number of hydrogen-bond acceptors (Lipinski definition) is 6. The van der Waals surface area contributed by atoms with Crippen molar-refractivity contribution in [2.45, 2.75) is 44.8 Å². The summed E-state index contributed by atoms with van der Waals surface area (Å²) in [4.78, 5) is 23.0. The number of thiophene rings is 1. The zero-order chi connectivity index (χ0) is 22.2. The van der Waals surface area contributed by atoms with Crippen LogP contribution in [0.5, 0.6) is 0 Å². The topological polar surface area (TPSA) is 57.7 Å². The van der Waals surface area contributed by atoms with E-state index < -0.39 is 0 Å². The highest BCUT2D eigenvalue weighted by Gasteiger charge is 2.36. The molecule has 4 heterocycles. The molecule has 0 spiro atoms. The van der Waals surface area contributed by atoms with Crippen molar-refractivity contribution in [2.24, 2.45) is 11.8 Å².